The summed E-state index contributed by atoms with van der Waals surface area (Å²) in [5.41, 5.74) is 0.410. The van der Waals surface area contributed by atoms with Gasteiger partial charge in [-0.3, -0.25) is 8.98 Å². The van der Waals surface area contributed by atoms with Gasteiger partial charge in [0.2, 0.25) is 5.91 Å². The van der Waals surface area contributed by atoms with Crippen molar-refractivity contribution in [1.82, 2.24) is 4.90 Å². The summed E-state index contributed by atoms with van der Waals surface area (Å²) in [5, 5.41) is 0.961. The van der Waals surface area contributed by atoms with Crippen molar-refractivity contribution < 1.29 is 21.8 Å². The second-order valence-corrected chi connectivity index (χ2v) is 10.5. The molecule has 1 fully saturated rings. The monoisotopic (exact) mass is 507 g/mol. The molecule has 0 bridgehead atoms. The van der Waals surface area contributed by atoms with E-state index < -0.39 is 21.4 Å². The van der Waals surface area contributed by atoms with Gasteiger partial charge < -0.3 is 4.90 Å². The summed E-state index contributed by atoms with van der Waals surface area (Å²) in [6.07, 6.45) is 1.74. The van der Waals surface area contributed by atoms with E-state index in [4.69, 9.17) is 39.0 Å². The van der Waals surface area contributed by atoms with Gasteiger partial charge in [0.25, 0.3) is 10.1 Å². The molecule has 2 aromatic rings. The van der Waals surface area contributed by atoms with Gasteiger partial charge in [0, 0.05) is 29.1 Å². The molecule has 1 aliphatic rings. The summed E-state index contributed by atoms with van der Waals surface area (Å²) in [5.74, 6) is -0.796. The van der Waals surface area contributed by atoms with E-state index in [2.05, 4.69) is 0 Å². The summed E-state index contributed by atoms with van der Waals surface area (Å²) in [7, 11) is -3.60. The summed E-state index contributed by atoms with van der Waals surface area (Å²) in [4.78, 5) is 14.5. The second-order valence-electron chi connectivity index (χ2n) is 7.63. The van der Waals surface area contributed by atoms with Crippen molar-refractivity contribution in [3.8, 4) is 0 Å². The van der Waals surface area contributed by atoms with Crippen molar-refractivity contribution in [2.75, 3.05) is 26.0 Å². The normalized spacial score (nSPS) is 19.1. The van der Waals surface area contributed by atoms with Crippen molar-refractivity contribution in [2.24, 2.45) is 0 Å². The standard InChI is InChI=1S/C21H21Cl3FNO4S/c1-31(28,29)30-10-8-21(14-5-6-17(23)18(24)11-14)7-9-26(13-21)20(27)12-15-16(22)3-2-4-19(15)25/h2-6,11H,7-10,12-13H2,1H3. The highest BCUT2D eigenvalue weighted by atomic mass is 35.5. The Morgan fingerprint density at radius 1 is 1.16 bits per heavy atom. The number of hydrogen-bond acceptors (Lipinski definition) is 4. The van der Waals surface area contributed by atoms with Crippen molar-refractivity contribution in [3.05, 3.63) is 68.4 Å². The summed E-state index contributed by atoms with van der Waals surface area (Å²) in [6, 6.07) is 9.50. The van der Waals surface area contributed by atoms with Crippen molar-refractivity contribution in [2.45, 2.75) is 24.7 Å². The smallest absolute Gasteiger partial charge is 0.264 e. The molecule has 1 unspecified atom stereocenters. The SMILES string of the molecule is CS(=O)(=O)OCCC1(c2ccc(Cl)c(Cl)c2)CCN(C(=O)Cc2c(F)cccc2Cl)C1. The zero-order valence-corrected chi connectivity index (χ0v) is 19.8. The first-order valence-electron chi connectivity index (χ1n) is 9.51. The van der Waals surface area contributed by atoms with Crippen LogP contribution < -0.4 is 0 Å². The first-order valence-corrected chi connectivity index (χ1v) is 12.5. The Labute approximate surface area is 196 Å². The van der Waals surface area contributed by atoms with Gasteiger partial charge in [0.15, 0.2) is 0 Å². The largest absolute Gasteiger partial charge is 0.341 e. The van der Waals surface area contributed by atoms with E-state index >= 15 is 0 Å². The molecule has 2 aromatic carbocycles. The first-order chi connectivity index (χ1) is 14.5. The quantitative estimate of drug-likeness (QED) is 0.501. The fourth-order valence-corrected chi connectivity index (χ4v) is 4.76. The molecule has 1 aliphatic heterocycles. The number of likely N-dealkylation sites (tertiary alicyclic amines) is 1. The molecular weight excluding hydrogens is 488 g/mol. The minimum atomic E-state index is -3.60. The zero-order valence-electron chi connectivity index (χ0n) is 16.7. The van der Waals surface area contributed by atoms with Gasteiger partial charge in [-0.2, -0.15) is 8.42 Å². The third kappa shape index (κ3) is 5.90. The van der Waals surface area contributed by atoms with E-state index in [-0.39, 0.29) is 29.5 Å². The molecule has 10 heteroatoms. The van der Waals surface area contributed by atoms with Crippen molar-refractivity contribution >= 4 is 50.8 Å². The van der Waals surface area contributed by atoms with E-state index in [0.717, 1.165) is 11.8 Å². The number of hydrogen-bond donors (Lipinski definition) is 0. The fourth-order valence-electron chi connectivity index (χ4n) is 3.85. The summed E-state index contributed by atoms with van der Waals surface area (Å²) in [6.45, 7) is 0.688. The zero-order chi connectivity index (χ0) is 22.8. The average Bonchev–Trinajstić information content (AvgIpc) is 3.11. The van der Waals surface area contributed by atoms with Crippen LogP contribution in [0.4, 0.5) is 4.39 Å². The van der Waals surface area contributed by atoms with E-state index in [0.29, 0.717) is 36.0 Å². The van der Waals surface area contributed by atoms with Crippen molar-refractivity contribution in [1.29, 1.82) is 0 Å². The molecule has 168 valence electrons. The maximum atomic E-state index is 14.1. The van der Waals surface area contributed by atoms with Crippen LogP contribution in [0.5, 0.6) is 0 Å². The fraction of sp³-hybridized carbons (Fsp3) is 0.381. The minimum Gasteiger partial charge on any atom is -0.341 e. The van der Waals surface area contributed by atoms with Crippen LogP contribution in [0.2, 0.25) is 15.1 Å². The average molecular weight is 509 g/mol. The highest BCUT2D eigenvalue weighted by molar-refractivity contribution is 7.85. The Kier molecular flexibility index (Phi) is 7.54. The Hall–Kier alpha value is -1.38. The van der Waals surface area contributed by atoms with Gasteiger partial charge in [-0.25, -0.2) is 4.39 Å². The molecule has 0 aliphatic carbocycles. The van der Waals surface area contributed by atoms with Gasteiger partial charge in [-0.05, 0) is 42.7 Å². The topological polar surface area (TPSA) is 63.7 Å². The van der Waals surface area contributed by atoms with Crippen LogP contribution in [0.15, 0.2) is 36.4 Å². The molecule has 1 heterocycles. The Bertz CT molecular complexity index is 1080. The highest BCUT2D eigenvalue weighted by Crippen LogP contribution is 2.40. The van der Waals surface area contributed by atoms with Gasteiger partial charge >= 0.3 is 0 Å². The number of carbonyl (C=O) groups is 1. The predicted octanol–water partition coefficient (Wildman–Crippen LogP) is 4.87. The number of carbonyl (C=O) groups excluding carboxylic acids is 1. The number of halogens is 4. The number of amides is 1. The van der Waals surface area contributed by atoms with Crippen LogP contribution >= 0.6 is 34.8 Å². The molecule has 0 spiro atoms. The van der Waals surface area contributed by atoms with Crippen LogP contribution in [0.1, 0.15) is 24.0 Å². The lowest BCUT2D eigenvalue weighted by atomic mass is 9.77. The third-order valence-corrected chi connectivity index (χ3v) is 7.19. The molecule has 0 N–H and O–H groups in total. The molecule has 0 aromatic heterocycles. The number of rotatable bonds is 7. The maximum absolute atomic E-state index is 14.1. The summed E-state index contributed by atoms with van der Waals surface area (Å²) >= 11 is 18.3. The van der Waals surface area contributed by atoms with Gasteiger partial charge in [0.05, 0.1) is 29.3 Å². The van der Waals surface area contributed by atoms with Gasteiger partial charge in [0.1, 0.15) is 5.82 Å². The molecule has 1 atom stereocenters. The lowest BCUT2D eigenvalue weighted by Crippen LogP contribution is -2.36. The Morgan fingerprint density at radius 3 is 2.55 bits per heavy atom. The highest BCUT2D eigenvalue weighted by Gasteiger charge is 2.41. The van der Waals surface area contributed by atoms with Gasteiger partial charge in [-0.1, -0.05) is 46.9 Å². The van der Waals surface area contributed by atoms with E-state index in [1.165, 1.54) is 12.1 Å². The van der Waals surface area contributed by atoms with Crippen LogP contribution in [0.25, 0.3) is 0 Å². The summed E-state index contributed by atoms with van der Waals surface area (Å²) < 4.78 is 41.9. The lowest BCUT2D eigenvalue weighted by molar-refractivity contribution is -0.129. The molecule has 5 nitrogen and oxygen atoms in total. The molecule has 3 rings (SSSR count). The van der Waals surface area contributed by atoms with E-state index in [9.17, 15) is 17.6 Å². The second kappa shape index (κ2) is 9.63. The molecule has 1 amide bonds. The van der Waals surface area contributed by atoms with Crippen LogP contribution in [-0.4, -0.2) is 45.2 Å². The number of benzene rings is 2. The molecular formula is C21H21Cl3FNO4S. The van der Waals surface area contributed by atoms with E-state index in [1.807, 2.05) is 6.07 Å². The Balaban J connectivity index is 1.83. The molecule has 0 radical (unpaired) electrons. The molecule has 31 heavy (non-hydrogen) atoms. The predicted molar refractivity (Wildman–Crippen MR) is 120 cm³/mol. The van der Waals surface area contributed by atoms with Gasteiger partial charge in [-0.15, -0.1) is 0 Å². The van der Waals surface area contributed by atoms with Crippen LogP contribution in [0, 0.1) is 5.82 Å². The lowest BCUT2D eigenvalue weighted by Gasteiger charge is -2.30. The first kappa shape index (κ1) is 24.3. The minimum absolute atomic E-state index is 0.0414. The molecule has 0 saturated carbocycles. The van der Waals surface area contributed by atoms with Crippen LogP contribution in [-0.2, 0) is 30.9 Å². The van der Waals surface area contributed by atoms with Crippen molar-refractivity contribution in [3.63, 3.8) is 0 Å². The Morgan fingerprint density at radius 2 is 1.90 bits per heavy atom. The van der Waals surface area contributed by atoms with E-state index in [1.54, 1.807) is 23.1 Å². The maximum Gasteiger partial charge on any atom is 0.264 e. The number of nitrogens with zero attached hydrogens (tertiary/aromatic N) is 1. The van der Waals surface area contributed by atoms with Crippen LogP contribution in [0.3, 0.4) is 0 Å². The third-order valence-electron chi connectivity index (χ3n) is 5.51. The molecule has 1 saturated heterocycles.